The molecule has 3 heterocycles. The second-order valence-electron chi connectivity index (χ2n) is 10.8. The van der Waals surface area contributed by atoms with E-state index in [1.165, 1.54) is 12.1 Å². The first-order valence-electron chi connectivity index (χ1n) is 13.9. The van der Waals surface area contributed by atoms with Gasteiger partial charge in [-0.1, -0.05) is 30.3 Å². The fraction of sp³-hybridized carbons (Fsp3) is 0.273. The van der Waals surface area contributed by atoms with Crippen LogP contribution in [-0.4, -0.2) is 34.4 Å². The fourth-order valence-electron chi connectivity index (χ4n) is 5.94. The summed E-state index contributed by atoms with van der Waals surface area (Å²) in [5.41, 5.74) is 3.81. The molecular weight excluding hydrogens is 527 g/mol. The summed E-state index contributed by atoms with van der Waals surface area (Å²) in [4.78, 5) is 31.0. The third kappa shape index (κ3) is 5.14. The van der Waals surface area contributed by atoms with E-state index in [-0.39, 0.29) is 17.4 Å². The van der Waals surface area contributed by atoms with Crippen molar-refractivity contribution in [3.63, 3.8) is 0 Å². The Morgan fingerprint density at radius 2 is 1.49 bits per heavy atom. The molecule has 0 bridgehead atoms. The van der Waals surface area contributed by atoms with Gasteiger partial charge in [0.15, 0.2) is 0 Å². The van der Waals surface area contributed by atoms with Crippen molar-refractivity contribution in [1.82, 2.24) is 9.47 Å². The van der Waals surface area contributed by atoms with Crippen molar-refractivity contribution >= 4 is 17.5 Å². The standard InChI is InChI=1S/C33H30F3N3O2/c1-22-18-23(13-14-27(22)28-9-3-4-10-29(28)33(34,35)36)32(41)39-21-26-8-7-17-38(26)20-25-12-11-24(19-30(25)39)31(40)37-15-5-2-6-16-37/h3-4,7-14,17-19H,2,5-6,15-16,20-21H2,1H3. The summed E-state index contributed by atoms with van der Waals surface area (Å²) < 4.78 is 43.2. The quantitative estimate of drug-likeness (QED) is 0.265. The maximum Gasteiger partial charge on any atom is 0.417 e. The molecule has 2 aliphatic rings. The van der Waals surface area contributed by atoms with E-state index in [0.29, 0.717) is 41.0 Å². The molecule has 0 radical (unpaired) electrons. The lowest BCUT2D eigenvalue weighted by molar-refractivity contribution is -0.137. The Morgan fingerprint density at radius 1 is 0.756 bits per heavy atom. The fourth-order valence-corrected chi connectivity index (χ4v) is 5.94. The van der Waals surface area contributed by atoms with Gasteiger partial charge in [-0.3, -0.25) is 9.59 Å². The summed E-state index contributed by atoms with van der Waals surface area (Å²) in [5.74, 6) is -0.311. The molecule has 0 N–H and O–H groups in total. The summed E-state index contributed by atoms with van der Waals surface area (Å²) in [6, 6.07) is 19.8. The predicted molar refractivity (Wildman–Crippen MR) is 152 cm³/mol. The Bertz CT molecular complexity index is 1630. The molecule has 1 saturated heterocycles. The molecule has 0 saturated carbocycles. The Labute approximate surface area is 236 Å². The molecule has 6 rings (SSSR count). The highest BCUT2D eigenvalue weighted by Gasteiger charge is 2.34. The zero-order chi connectivity index (χ0) is 28.7. The molecule has 1 fully saturated rings. The number of anilines is 1. The minimum Gasteiger partial charge on any atom is -0.345 e. The van der Waals surface area contributed by atoms with Crippen LogP contribution in [0, 0.1) is 6.92 Å². The number of hydrogen-bond acceptors (Lipinski definition) is 2. The first-order valence-corrected chi connectivity index (χ1v) is 13.9. The number of rotatable bonds is 3. The average molecular weight is 558 g/mol. The van der Waals surface area contributed by atoms with Gasteiger partial charge in [-0.25, -0.2) is 0 Å². The first kappa shape index (κ1) is 26.9. The Kier molecular flexibility index (Phi) is 6.93. The number of amides is 2. The maximum absolute atomic E-state index is 14.1. The van der Waals surface area contributed by atoms with E-state index in [4.69, 9.17) is 0 Å². The highest BCUT2D eigenvalue weighted by Crippen LogP contribution is 2.38. The van der Waals surface area contributed by atoms with Crippen molar-refractivity contribution in [2.24, 2.45) is 0 Å². The molecule has 1 aromatic heterocycles. The normalized spacial score (nSPS) is 15.2. The number of hydrogen-bond donors (Lipinski definition) is 0. The van der Waals surface area contributed by atoms with Crippen LogP contribution in [0.25, 0.3) is 11.1 Å². The molecule has 0 unspecified atom stereocenters. The van der Waals surface area contributed by atoms with Crippen LogP contribution in [0.1, 0.15) is 62.4 Å². The zero-order valence-corrected chi connectivity index (χ0v) is 22.7. The van der Waals surface area contributed by atoms with Gasteiger partial charge in [-0.2, -0.15) is 13.2 Å². The molecule has 3 aromatic carbocycles. The van der Waals surface area contributed by atoms with Gasteiger partial charge < -0.3 is 14.4 Å². The summed E-state index contributed by atoms with van der Waals surface area (Å²) >= 11 is 0. The molecule has 4 aromatic rings. The topological polar surface area (TPSA) is 45.6 Å². The number of aromatic nitrogens is 1. The van der Waals surface area contributed by atoms with Crippen molar-refractivity contribution < 1.29 is 22.8 Å². The van der Waals surface area contributed by atoms with Crippen molar-refractivity contribution in [3.8, 4) is 11.1 Å². The summed E-state index contributed by atoms with van der Waals surface area (Å²) in [6.45, 7) is 4.04. The van der Waals surface area contributed by atoms with E-state index in [1.54, 1.807) is 36.1 Å². The number of piperidine rings is 1. The summed E-state index contributed by atoms with van der Waals surface area (Å²) in [6.07, 6.45) is 0.566. The summed E-state index contributed by atoms with van der Waals surface area (Å²) in [7, 11) is 0. The van der Waals surface area contributed by atoms with E-state index < -0.39 is 11.7 Å². The second-order valence-corrected chi connectivity index (χ2v) is 10.8. The number of likely N-dealkylation sites (tertiary alicyclic amines) is 1. The van der Waals surface area contributed by atoms with Crippen LogP contribution in [0.4, 0.5) is 18.9 Å². The minimum atomic E-state index is -4.49. The van der Waals surface area contributed by atoms with E-state index in [9.17, 15) is 22.8 Å². The SMILES string of the molecule is Cc1cc(C(=O)N2Cc3cccn3Cc3ccc(C(=O)N4CCCCC4)cc32)ccc1-c1ccccc1C(F)(F)F. The molecule has 0 aliphatic carbocycles. The van der Waals surface area contributed by atoms with Crippen molar-refractivity contribution in [3.05, 3.63) is 113 Å². The van der Waals surface area contributed by atoms with Crippen LogP contribution in [0.15, 0.2) is 79.0 Å². The second kappa shape index (κ2) is 10.6. The summed E-state index contributed by atoms with van der Waals surface area (Å²) in [5, 5.41) is 0. The van der Waals surface area contributed by atoms with Crippen LogP contribution < -0.4 is 4.90 Å². The number of carbonyl (C=O) groups excluding carboxylic acids is 2. The molecule has 41 heavy (non-hydrogen) atoms. The van der Waals surface area contributed by atoms with Gasteiger partial charge >= 0.3 is 6.18 Å². The number of alkyl halides is 3. The van der Waals surface area contributed by atoms with Gasteiger partial charge in [-0.15, -0.1) is 0 Å². The lowest BCUT2D eigenvalue weighted by Crippen LogP contribution is -2.36. The van der Waals surface area contributed by atoms with Gasteiger partial charge in [0.1, 0.15) is 0 Å². The lowest BCUT2D eigenvalue weighted by atomic mass is 9.94. The van der Waals surface area contributed by atoms with Gasteiger partial charge in [0.05, 0.1) is 17.8 Å². The van der Waals surface area contributed by atoms with Gasteiger partial charge in [0.2, 0.25) is 0 Å². The zero-order valence-electron chi connectivity index (χ0n) is 22.7. The van der Waals surface area contributed by atoms with Crippen molar-refractivity contribution in [1.29, 1.82) is 0 Å². The Hall–Kier alpha value is -4.33. The van der Waals surface area contributed by atoms with E-state index in [2.05, 4.69) is 4.57 Å². The minimum absolute atomic E-state index is 0.0349. The largest absolute Gasteiger partial charge is 0.417 e. The lowest BCUT2D eigenvalue weighted by Gasteiger charge is -2.28. The smallest absolute Gasteiger partial charge is 0.345 e. The number of aryl methyl sites for hydroxylation is 1. The van der Waals surface area contributed by atoms with Crippen LogP contribution >= 0.6 is 0 Å². The van der Waals surface area contributed by atoms with Crippen molar-refractivity contribution in [2.75, 3.05) is 18.0 Å². The maximum atomic E-state index is 14.1. The van der Waals surface area contributed by atoms with Crippen molar-refractivity contribution in [2.45, 2.75) is 45.5 Å². The number of benzene rings is 3. The van der Waals surface area contributed by atoms with Gasteiger partial charge in [0, 0.05) is 42.7 Å². The highest BCUT2D eigenvalue weighted by molar-refractivity contribution is 6.08. The third-order valence-electron chi connectivity index (χ3n) is 8.09. The van der Waals surface area contributed by atoms with Crippen LogP contribution in [-0.2, 0) is 19.3 Å². The van der Waals surface area contributed by atoms with Crippen LogP contribution in [0.5, 0.6) is 0 Å². The van der Waals surface area contributed by atoms with E-state index >= 15 is 0 Å². The monoisotopic (exact) mass is 557 g/mol. The molecule has 5 nitrogen and oxygen atoms in total. The number of fused-ring (bicyclic) bond motifs is 2. The molecular formula is C33H30F3N3O2. The molecule has 2 aliphatic heterocycles. The first-order chi connectivity index (χ1) is 19.7. The van der Waals surface area contributed by atoms with Crippen LogP contribution in [0.3, 0.4) is 0 Å². The van der Waals surface area contributed by atoms with Gasteiger partial charge in [-0.05, 0) is 90.9 Å². The van der Waals surface area contributed by atoms with E-state index in [0.717, 1.165) is 49.7 Å². The third-order valence-corrected chi connectivity index (χ3v) is 8.09. The predicted octanol–water partition coefficient (Wildman–Crippen LogP) is 7.32. The molecule has 210 valence electrons. The molecule has 0 atom stereocenters. The average Bonchev–Trinajstić information content (AvgIpc) is 3.35. The number of nitrogens with zero attached hydrogens (tertiary/aromatic N) is 3. The molecule has 0 spiro atoms. The molecule has 2 amide bonds. The Balaban J connectivity index is 1.38. The number of halogens is 3. The highest BCUT2D eigenvalue weighted by atomic mass is 19.4. The number of carbonyl (C=O) groups is 2. The molecule has 8 heteroatoms. The Morgan fingerprint density at radius 3 is 2.24 bits per heavy atom. The van der Waals surface area contributed by atoms with Crippen LogP contribution in [0.2, 0.25) is 0 Å². The van der Waals surface area contributed by atoms with Gasteiger partial charge in [0.25, 0.3) is 11.8 Å². The van der Waals surface area contributed by atoms with E-state index in [1.807, 2.05) is 41.4 Å².